The van der Waals surface area contributed by atoms with E-state index >= 15 is 0 Å². The van der Waals surface area contributed by atoms with E-state index in [-0.39, 0.29) is 5.69 Å². The number of anilines is 2. The molecule has 27 heavy (non-hydrogen) atoms. The van der Waals surface area contributed by atoms with Crippen LogP contribution in [0.4, 0.5) is 24.5 Å². The highest BCUT2D eigenvalue weighted by molar-refractivity contribution is 5.94. The molecule has 0 fully saturated rings. The molecule has 1 amide bonds. The molecule has 0 saturated heterocycles. The molecule has 4 nitrogen and oxygen atoms in total. The lowest BCUT2D eigenvalue weighted by Crippen LogP contribution is -2.41. The Balaban J connectivity index is 2.08. The van der Waals surface area contributed by atoms with Crippen molar-refractivity contribution in [3.05, 3.63) is 59.4 Å². The van der Waals surface area contributed by atoms with Gasteiger partial charge in [0.1, 0.15) is 0 Å². The first-order valence-corrected chi connectivity index (χ1v) is 8.69. The van der Waals surface area contributed by atoms with Crippen molar-refractivity contribution in [2.45, 2.75) is 26.4 Å². The second-order valence-electron chi connectivity index (χ2n) is 6.51. The molecular formula is C20H24F3N3O. The third kappa shape index (κ3) is 5.01. The molecular weight excluding hydrogens is 355 g/mol. The number of nitrogens with zero attached hydrogens (tertiary/aromatic N) is 2. The van der Waals surface area contributed by atoms with Crippen molar-refractivity contribution in [3.63, 3.8) is 0 Å². The average Bonchev–Trinajstić information content (AvgIpc) is 2.66. The molecule has 1 atom stereocenters. The highest BCUT2D eigenvalue weighted by atomic mass is 19.2. The Morgan fingerprint density at radius 1 is 1.04 bits per heavy atom. The maximum Gasteiger partial charge on any atom is 0.241 e. The molecule has 0 aliphatic rings. The number of likely N-dealkylation sites (N-methyl/N-ethyl adjacent to an activating group) is 1. The highest BCUT2D eigenvalue weighted by Gasteiger charge is 2.22. The fourth-order valence-electron chi connectivity index (χ4n) is 2.68. The van der Waals surface area contributed by atoms with Crippen LogP contribution in [0.1, 0.15) is 19.4 Å². The molecule has 146 valence electrons. The quantitative estimate of drug-likeness (QED) is 0.738. The Labute approximate surface area is 157 Å². The summed E-state index contributed by atoms with van der Waals surface area (Å²) in [5.74, 6) is -4.80. The van der Waals surface area contributed by atoms with Crippen LogP contribution in [0, 0.1) is 17.5 Å². The van der Waals surface area contributed by atoms with Crippen molar-refractivity contribution >= 4 is 17.3 Å². The molecule has 1 N–H and O–H groups in total. The molecule has 7 heteroatoms. The minimum Gasteiger partial charge on any atom is -0.378 e. The van der Waals surface area contributed by atoms with Crippen molar-refractivity contribution in [2.24, 2.45) is 0 Å². The number of hydrogen-bond acceptors (Lipinski definition) is 3. The molecule has 0 spiro atoms. The molecule has 0 radical (unpaired) electrons. The SMILES string of the molecule is CCN(Cc1ccc(N(C)C)cc1)[C@H](C)C(=O)Nc1ccc(F)c(F)c1F. The van der Waals surface area contributed by atoms with Gasteiger partial charge in [-0.05, 0) is 43.3 Å². The largest absolute Gasteiger partial charge is 0.378 e. The molecule has 0 bridgehead atoms. The zero-order valence-corrected chi connectivity index (χ0v) is 15.9. The molecule has 0 aliphatic heterocycles. The molecule has 0 aromatic heterocycles. The van der Waals surface area contributed by atoms with Crippen LogP contribution in [0.2, 0.25) is 0 Å². The molecule has 2 rings (SSSR count). The fraction of sp³-hybridized carbons (Fsp3) is 0.350. The maximum absolute atomic E-state index is 13.8. The number of carbonyl (C=O) groups is 1. The number of benzene rings is 2. The number of halogens is 3. The topological polar surface area (TPSA) is 35.6 Å². The number of amides is 1. The molecule has 0 heterocycles. The lowest BCUT2D eigenvalue weighted by atomic mass is 10.1. The van der Waals surface area contributed by atoms with Gasteiger partial charge in [-0.1, -0.05) is 19.1 Å². The Bertz CT molecular complexity index is 794. The third-order valence-electron chi connectivity index (χ3n) is 4.46. The minimum absolute atomic E-state index is 0.378. The highest BCUT2D eigenvalue weighted by Crippen LogP contribution is 2.21. The summed E-state index contributed by atoms with van der Waals surface area (Å²) in [5.41, 5.74) is 1.72. The predicted molar refractivity (Wildman–Crippen MR) is 101 cm³/mol. The normalized spacial score (nSPS) is 12.1. The van der Waals surface area contributed by atoms with Crippen LogP contribution < -0.4 is 10.2 Å². The van der Waals surface area contributed by atoms with Crippen LogP contribution >= 0.6 is 0 Å². The molecule has 0 aliphatic carbocycles. The van der Waals surface area contributed by atoms with Gasteiger partial charge in [-0.2, -0.15) is 0 Å². The van der Waals surface area contributed by atoms with E-state index in [1.165, 1.54) is 0 Å². The number of hydrogen-bond donors (Lipinski definition) is 1. The van der Waals surface area contributed by atoms with Crippen molar-refractivity contribution in [3.8, 4) is 0 Å². The minimum atomic E-state index is -1.60. The van der Waals surface area contributed by atoms with Gasteiger partial charge in [0.05, 0.1) is 11.7 Å². The Morgan fingerprint density at radius 2 is 1.67 bits per heavy atom. The van der Waals surface area contributed by atoms with Crippen LogP contribution in [0.15, 0.2) is 36.4 Å². The second-order valence-corrected chi connectivity index (χ2v) is 6.51. The number of nitrogens with one attached hydrogen (secondary N) is 1. The van der Waals surface area contributed by atoms with E-state index in [2.05, 4.69) is 5.32 Å². The second kappa shape index (κ2) is 8.90. The van der Waals surface area contributed by atoms with Gasteiger partial charge in [0.2, 0.25) is 5.91 Å². The zero-order valence-electron chi connectivity index (χ0n) is 15.9. The number of rotatable bonds is 7. The van der Waals surface area contributed by atoms with Crippen LogP contribution in [0.25, 0.3) is 0 Å². The van der Waals surface area contributed by atoms with E-state index in [1.807, 2.05) is 55.1 Å². The van der Waals surface area contributed by atoms with Crippen LogP contribution in [-0.2, 0) is 11.3 Å². The van der Waals surface area contributed by atoms with Gasteiger partial charge >= 0.3 is 0 Å². The average molecular weight is 379 g/mol. The van der Waals surface area contributed by atoms with Gasteiger partial charge in [-0.15, -0.1) is 0 Å². The molecule has 2 aromatic rings. The van der Waals surface area contributed by atoms with Gasteiger partial charge in [0, 0.05) is 26.3 Å². The first-order valence-electron chi connectivity index (χ1n) is 8.69. The van der Waals surface area contributed by atoms with Crippen molar-refractivity contribution in [1.29, 1.82) is 0 Å². The predicted octanol–water partition coefficient (Wildman–Crippen LogP) is 4.02. The summed E-state index contributed by atoms with van der Waals surface area (Å²) >= 11 is 0. The van der Waals surface area contributed by atoms with Crippen molar-refractivity contribution < 1.29 is 18.0 Å². The molecule has 0 saturated carbocycles. The van der Waals surface area contributed by atoms with Crippen LogP contribution in [0.3, 0.4) is 0 Å². The molecule has 0 unspecified atom stereocenters. The maximum atomic E-state index is 13.8. The van der Waals surface area contributed by atoms with Crippen LogP contribution in [-0.4, -0.2) is 37.5 Å². The zero-order chi connectivity index (χ0) is 20.1. The van der Waals surface area contributed by atoms with Gasteiger partial charge in [0.25, 0.3) is 0 Å². The monoisotopic (exact) mass is 379 g/mol. The Hall–Kier alpha value is -2.54. The summed E-state index contributed by atoms with van der Waals surface area (Å²) in [6.45, 7) is 4.71. The standard InChI is InChI=1S/C20H24F3N3O/c1-5-26(12-14-6-8-15(9-7-14)25(3)4)13(2)20(27)24-17-11-10-16(21)18(22)19(17)23/h6-11,13H,5,12H2,1-4H3,(H,24,27)/t13-/m1/s1. The van der Waals surface area contributed by atoms with E-state index in [0.29, 0.717) is 13.1 Å². The van der Waals surface area contributed by atoms with Gasteiger partial charge < -0.3 is 10.2 Å². The molecule has 2 aromatic carbocycles. The Morgan fingerprint density at radius 3 is 2.22 bits per heavy atom. The smallest absolute Gasteiger partial charge is 0.241 e. The summed E-state index contributed by atoms with van der Waals surface area (Å²) in [4.78, 5) is 16.3. The lowest BCUT2D eigenvalue weighted by molar-refractivity contribution is -0.120. The summed E-state index contributed by atoms with van der Waals surface area (Å²) in [6.07, 6.45) is 0. The summed E-state index contributed by atoms with van der Waals surface area (Å²) in [6, 6.07) is 9.15. The van der Waals surface area contributed by atoms with Gasteiger partial charge in [0.15, 0.2) is 17.5 Å². The van der Waals surface area contributed by atoms with Crippen molar-refractivity contribution in [1.82, 2.24) is 4.90 Å². The van der Waals surface area contributed by atoms with E-state index in [9.17, 15) is 18.0 Å². The summed E-state index contributed by atoms with van der Waals surface area (Å²) < 4.78 is 40.1. The van der Waals surface area contributed by atoms with Gasteiger partial charge in [-0.3, -0.25) is 9.69 Å². The Kier molecular flexibility index (Phi) is 6.85. The van der Waals surface area contributed by atoms with Crippen molar-refractivity contribution in [2.75, 3.05) is 30.9 Å². The number of carbonyl (C=O) groups excluding carboxylic acids is 1. The van der Waals surface area contributed by atoms with Gasteiger partial charge in [-0.25, -0.2) is 13.2 Å². The van der Waals surface area contributed by atoms with E-state index in [4.69, 9.17) is 0 Å². The summed E-state index contributed by atoms with van der Waals surface area (Å²) in [5, 5.41) is 2.33. The van der Waals surface area contributed by atoms with E-state index in [0.717, 1.165) is 23.4 Å². The first-order chi connectivity index (χ1) is 12.7. The van der Waals surface area contributed by atoms with E-state index < -0.39 is 29.4 Å². The lowest BCUT2D eigenvalue weighted by Gasteiger charge is -2.27. The third-order valence-corrected chi connectivity index (χ3v) is 4.46. The summed E-state index contributed by atoms with van der Waals surface area (Å²) in [7, 11) is 3.91. The first kappa shape index (κ1) is 20.8. The fourth-order valence-corrected chi connectivity index (χ4v) is 2.68. The van der Waals surface area contributed by atoms with E-state index in [1.54, 1.807) is 6.92 Å². The van der Waals surface area contributed by atoms with Crippen LogP contribution in [0.5, 0.6) is 0 Å².